The third-order valence-corrected chi connectivity index (χ3v) is 2.02. The highest BCUT2D eigenvalue weighted by molar-refractivity contribution is 5.92. The third kappa shape index (κ3) is 4.55. The van der Waals surface area contributed by atoms with Crippen LogP contribution in [0.4, 0.5) is 10.5 Å². The lowest BCUT2D eigenvalue weighted by Gasteiger charge is -2.13. The van der Waals surface area contributed by atoms with Gasteiger partial charge in [-0.05, 0) is 26.0 Å². The normalized spacial score (nSPS) is 11.4. The molecule has 1 atom stereocenters. The molecule has 1 aromatic carbocycles. The summed E-state index contributed by atoms with van der Waals surface area (Å²) in [5.41, 5.74) is 0.668. The number of ether oxygens (including phenoxy) is 1. The van der Waals surface area contributed by atoms with Gasteiger partial charge < -0.3 is 15.4 Å². The number of carbonyl (C=O) groups is 2. The molecule has 0 heterocycles. The Kier molecular flexibility index (Phi) is 5.00. The number of hydrogen-bond acceptors (Lipinski definition) is 3. The van der Waals surface area contributed by atoms with Crippen molar-refractivity contribution < 1.29 is 14.3 Å². The van der Waals surface area contributed by atoms with Gasteiger partial charge in [-0.15, -0.1) is 0 Å². The van der Waals surface area contributed by atoms with Crippen molar-refractivity contribution in [3.63, 3.8) is 0 Å². The van der Waals surface area contributed by atoms with Crippen LogP contribution in [0.25, 0.3) is 0 Å². The first-order chi connectivity index (χ1) is 8.13. The summed E-state index contributed by atoms with van der Waals surface area (Å²) in [5, 5.41) is 5.10. The van der Waals surface area contributed by atoms with E-state index in [2.05, 4.69) is 10.6 Å². The molecule has 5 nitrogen and oxygen atoms in total. The van der Waals surface area contributed by atoms with Gasteiger partial charge in [0, 0.05) is 5.69 Å². The van der Waals surface area contributed by atoms with Gasteiger partial charge in [0.15, 0.2) is 0 Å². The van der Waals surface area contributed by atoms with Gasteiger partial charge in [0.05, 0.1) is 6.61 Å². The van der Waals surface area contributed by atoms with Crippen LogP contribution in [-0.4, -0.2) is 24.6 Å². The van der Waals surface area contributed by atoms with E-state index >= 15 is 0 Å². The minimum atomic E-state index is -0.668. The fourth-order valence-electron chi connectivity index (χ4n) is 1.21. The predicted molar refractivity (Wildman–Crippen MR) is 64.7 cm³/mol. The molecular formula is C12H16N2O3. The number of benzene rings is 1. The van der Waals surface area contributed by atoms with Crippen molar-refractivity contribution in [3.05, 3.63) is 30.3 Å². The third-order valence-electron chi connectivity index (χ3n) is 2.02. The number of amides is 2. The summed E-state index contributed by atoms with van der Waals surface area (Å²) in [5.74, 6) is -0.448. The van der Waals surface area contributed by atoms with Gasteiger partial charge in [-0.25, -0.2) is 9.59 Å². The Morgan fingerprint density at radius 3 is 2.53 bits per heavy atom. The van der Waals surface area contributed by atoms with E-state index in [9.17, 15) is 9.59 Å². The van der Waals surface area contributed by atoms with Crippen LogP contribution in [0, 0.1) is 0 Å². The molecule has 0 aliphatic rings. The summed E-state index contributed by atoms with van der Waals surface area (Å²) >= 11 is 0. The average Bonchev–Trinajstić information content (AvgIpc) is 2.30. The maximum absolute atomic E-state index is 11.5. The summed E-state index contributed by atoms with van der Waals surface area (Å²) in [6, 6.07) is 7.89. The van der Waals surface area contributed by atoms with Crippen molar-refractivity contribution in [1.82, 2.24) is 5.32 Å². The molecule has 2 N–H and O–H groups in total. The van der Waals surface area contributed by atoms with E-state index in [0.717, 1.165) is 0 Å². The zero-order chi connectivity index (χ0) is 12.7. The lowest BCUT2D eigenvalue weighted by Crippen LogP contribution is -2.41. The number of hydrogen-bond donors (Lipinski definition) is 2. The SMILES string of the molecule is CCOC(=O)[C@H](C)NC(=O)Nc1ccccc1. The highest BCUT2D eigenvalue weighted by Gasteiger charge is 2.16. The largest absolute Gasteiger partial charge is 0.464 e. The lowest BCUT2D eigenvalue weighted by molar-refractivity contribution is -0.144. The van der Waals surface area contributed by atoms with Crippen LogP contribution in [0.5, 0.6) is 0 Å². The van der Waals surface area contributed by atoms with E-state index in [1.807, 2.05) is 18.2 Å². The highest BCUT2D eigenvalue weighted by Crippen LogP contribution is 2.04. The number of nitrogens with one attached hydrogen (secondary N) is 2. The van der Waals surface area contributed by atoms with Gasteiger partial charge in [0.2, 0.25) is 0 Å². The minimum absolute atomic E-state index is 0.297. The van der Waals surface area contributed by atoms with Crippen LogP contribution in [-0.2, 0) is 9.53 Å². The Morgan fingerprint density at radius 1 is 1.29 bits per heavy atom. The van der Waals surface area contributed by atoms with Crippen LogP contribution < -0.4 is 10.6 Å². The molecule has 0 aliphatic heterocycles. The van der Waals surface area contributed by atoms with Gasteiger partial charge in [-0.3, -0.25) is 0 Å². The Morgan fingerprint density at radius 2 is 1.94 bits per heavy atom. The van der Waals surface area contributed by atoms with Crippen molar-refractivity contribution in [2.75, 3.05) is 11.9 Å². The highest BCUT2D eigenvalue weighted by atomic mass is 16.5. The standard InChI is InChI=1S/C12H16N2O3/c1-3-17-11(15)9(2)13-12(16)14-10-7-5-4-6-8-10/h4-9H,3H2,1-2H3,(H2,13,14,16)/t9-/m0/s1. The molecule has 0 spiro atoms. The second-order valence-corrected chi connectivity index (χ2v) is 3.44. The molecule has 0 radical (unpaired) electrons. The summed E-state index contributed by atoms with van der Waals surface area (Å²) < 4.78 is 4.77. The number of urea groups is 1. The minimum Gasteiger partial charge on any atom is -0.464 e. The van der Waals surface area contributed by atoms with Gasteiger partial charge in [0.1, 0.15) is 6.04 Å². The molecule has 17 heavy (non-hydrogen) atoms. The van der Waals surface area contributed by atoms with Crippen molar-refractivity contribution in [3.8, 4) is 0 Å². The molecule has 0 aromatic heterocycles. The zero-order valence-corrected chi connectivity index (χ0v) is 9.90. The van der Waals surface area contributed by atoms with E-state index in [0.29, 0.717) is 12.3 Å². The molecule has 0 saturated heterocycles. The molecule has 1 rings (SSSR count). The van der Waals surface area contributed by atoms with Gasteiger partial charge >= 0.3 is 12.0 Å². The van der Waals surface area contributed by atoms with E-state index in [1.165, 1.54) is 0 Å². The Labute approximate surface area is 100 Å². The number of anilines is 1. The molecule has 92 valence electrons. The van der Waals surface area contributed by atoms with Gasteiger partial charge in [0.25, 0.3) is 0 Å². The first-order valence-corrected chi connectivity index (χ1v) is 5.42. The Balaban J connectivity index is 2.42. The van der Waals surface area contributed by atoms with Crippen LogP contribution in [0.1, 0.15) is 13.8 Å². The van der Waals surface area contributed by atoms with Gasteiger partial charge in [-0.2, -0.15) is 0 Å². The van der Waals surface area contributed by atoms with Gasteiger partial charge in [-0.1, -0.05) is 18.2 Å². The van der Waals surface area contributed by atoms with E-state index in [4.69, 9.17) is 4.74 Å². The quantitative estimate of drug-likeness (QED) is 0.783. The average molecular weight is 236 g/mol. The fourth-order valence-corrected chi connectivity index (χ4v) is 1.21. The maximum Gasteiger partial charge on any atom is 0.328 e. The fraction of sp³-hybridized carbons (Fsp3) is 0.333. The molecule has 0 bridgehead atoms. The van der Waals surface area contributed by atoms with Crippen LogP contribution in [0.15, 0.2) is 30.3 Å². The summed E-state index contributed by atoms with van der Waals surface area (Å²) in [6.07, 6.45) is 0. The number of carbonyl (C=O) groups excluding carboxylic acids is 2. The maximum atomic E-state index is 11.5. The number of rotatable bonds is 4. The molecular weight excluding hydrogens is 220 g/mol. The molecule has 0 saturated carbocycles. The molecule has 0 fully saturated rings. The van der Waals surface area contributed by atoms with Crippen molar-refractivity contribution in [1.29, 1.82) is 0 Å². The van der Waals surface area contributed by atoms with Crippen molar-refractivity contribution in [2.45, 2.75) is 19.9 Å². The lowest BCUT2D eigenvalue weighted by atomic mass is 10.3. The van der Waals surface area contributed by atoms with Crippen LogP contribution in [0.2, 0.25) is 0 Å². The second-order valence-electron chi connectivity index (χ2n) is 3.44. The first-order valence-electron chi connectivity index (χ1n) is 5.42. The van der Waals surface area contributed by atoms with Crippen LogP contribution >= 0.6 is 0 Å². The smallest absolute Gasteiger partial charge is 0.328 e. The van der Waals surface area contributed by atoms with E-state index < -0.39 is 18.0 Å². The Bertz CT molecular complexity index is 379. The molecule has 1 aromatic rings. The summed E-state index contributed by atoms with van der Waals surface area (Å²) in [4.78, 5) is 22.8. The Hall–Kier alpha value is -2.04. The molecule has 0 aliphatic carbocycles. The number of esters is 1. The first kappa shape index (κ1) is 13.0. The summed E-state index contributed by atoms with van der Waals surface area (Å²) in [6.45, 7) is 3.59. The monoisotopic (exact) mass is 236 g/mol. The molecule has 0 unspecified atom stereocenters. The van der Waals surface area contributed by atoms with Crippen LogP contribution in [0.3, 0.4) is 0 Å². The zero-order valence-electron chi connectivity index (χ0n) is 9.90. The molecule has 5 heteroatoms. The number of para-hydroxylation sites is 1. The molecule has 2 amide bonds. The summed E-state index contributed by atoms with van der Waals surface area (Å²) in [7, 11) is 0. The predicted octanol–water partition coefficient (Wildman–Crippen LogP) is 1.76. The topological polar surface area (TPSA) is 67.4 Å². The van der Waals surface area contributed by atoms with Crippen molar-refractivity contribution in [2.24, 2.45) is 0 Å². The second kappa shape index (κ2) is 6.52. The van der Waals surface area contributed by atoms with Crippen molar-refractivity contribution >= 4 is 17.7 Å². The van der Waals surface area contributed by atoms with E-state index in [1.54, 1.807) is 26.0 Å². The van der Waals surface area contributed by atoms with E-state index in [-0.39, 0.29) is 0 Å².